The Hall–Kier alpha value is -1.54. The molecule has 1 fully saturated rings. The molecule has 0 N–H and O–H groups in total. The van der Waals surface area contributed by atoms with E-state index < -0.39 is 0 Å². The van der Waals surface area contributed by atoms with Gasteiger partial charge >= 0.3 is 0 Å². The largest absolute Gasteiger partial charge is 0.370 e. The standard InChI is InChI=1S/C19H17BrN2O2S2/c1-12-17(26-18(21-12)14-6-9-25-11-14)19(23)22-7-8-24-16(10-22)13-2-4-15(20)5-3-13/h2-6,9,11,16H,7-8,10H2,1H3. The summed E-state index contributed by atoms with van der Waals surface area (Å²) in [6.45, 7) is 3.62. The molecule has 1 aliphatic rings. The molecule has 1 aliphatic heterocycles. The molecular weight excluding hydrogens is 432 g/mol. The van der Waals surface area contributed by atoms with E-state index in [4.69, 9.17) is 4.74 Å². The van der Waals surface area contributed by atoms with Crippen LogP contribution in [0, 0.1) is 6.92 Å². The number of aromatic nitrogens is 1. The Kier molecular flexibility index (Phi) is 5.22. The Labute approximate surface area is 168 Å². The molecule has 4 rings (SSSR count). The topological polar surface area (TPSA) is 42.4 Å². The van der Waals surface area contributed by atoms with E-state index in [1.807, 2.05) is 47.5 Å². The van der Waals surface area contributed by atoms with E-state index in [9.17, 15) is 4.79 Å². The van der Waals surface area contributed by atoms with E-state index in [0.29, 0.717) is 19.7 Å². The van der Waals surface area contributed by atoms with Gasteiger partial charge in [0.1, 0.15) is 16.0 Å². The molecule has 134 valence electrons. The van der Waals surface area contributed by atoms with Gasteiger partial charge in [-0.05, 0) is 36.1 Å². The Morgan fingerprint density at radius 3 is 2.85 bits per heavy atom. The van der Waals surface area contributed by atoms with E-state index in [1.165, 1.54) is 11.3 Å². The molecule has 0 spiro atoms. The highest BCUT2D eigenvalue weighted by Crippen LogP contribution is 2.31. The monoisotopic (exact) mass is 448 g/mol. The van der Waals surface area contributed by atoms with Crippen LogP contribution in [0.15, 0.2) is 45.6 Å². The highest BCUT2D eigenvalue weighted by atomic mass is 79.9. The van der Waals surface area contributed by atoms with Crippen molar-refractivity contribution in [3.05, 3.63) is 61.7 Å². The first-order valence-corrected chi connectivity index (χ1v) is 10.8. The van der Waals surface area contributed by atoms with Gasteiger partial charge in [-0.1, -0.05) is 28.1 Å². The van der Waals surface area contributed by atoms with Crippen molar-refractivity contribution in [1.82, 2.24) is 9.88 Å². The fraction of sp³-hybridized carbons (Fsp3) is 0.263. The molecule has 0 aliphatic carbocycles. The minimum atomic E-state index is -0.0922. The number of thiophene rings is 1. The second-order valence-electron chi connectivity index (χ2n) is 6.11. The zero-order chi connectivity index (χ0) is 18.1. The maximum absolute atomic E-state index is 13.1. The first-order valence-electron chi connectivity index (χ1n) is 8.28. The molecule has 0 radical (unpaired) electrons. The van der Waals surface area contributed by atoms with Crippen LogP contribution in [0.4, 0.5) is 0 Å². The minimum absolute atomic E-state index is 0.0480. The molecule has 1 amide bonds. The lowest BCUT2D eigenvalue weighted by Crippen LogP contribution is -2.42. The number of ether oxygens (including phenoxy) is 1. The van der Waals surface area contributed by atoms with Gasteiger partial charge in [0.15, 0.2) is 0 Å². The molecule has 7 heteroatoms. The SMILES string of the molecule is Cc1nc(-c2ccsc2)sc1C(=O)N1CCOC(c2ccc(Br)cc2)C1. The van der Waals surface area contributed by atoms with Crippen molar-refractivity contribution in [1.29, 1.82) is 0 Å². The highest BCUT2D eigenvalue weighted by molar-refractivity contribution is 9.10. The number of hydrogen-bond acceptors (Lipinski definition) is 5. The van der Waals surface area contributed by atoms with Crippen LogP contribution >= 0.6 is 38.6 Å². The lowest BCUT2D eigenvalue weighted by Gasteiger charge is -2.33. The normalized spacial score (nSPS) is 17.5. The molecule has 1 saturated heterocycles. The fourth-order valence-electron chi connectivity index (χ4n) is 2.96. The number of benzene rings is 1. The van der Waals surface area contributed by atoms with Crippen LogP contribution in [0.25, 0.3) is 10.6 Å². The van der Waals surface area contributed by atoms with E-state index in [0.717, 1.165) is 31.2 Å². The van der Waals surface area contributed by atoms with Crippen LogP contribution in [0.3, 0.4) is 0 Å². The van der Waals surface area contributed by atoms with Gasteiger partial charge in [-0.3, -0.25) is 4.79 Å². The number of morpholine rings is 1. The third-order valence-electron chi connectivity index (χ3n) is 4.35. The summed E-state index contributed by atoms with van der Waals surface area (Å²) in [6.07, 6.45) is -0.0922. The number of thiazole rings is 1. The van der Waals surface area contributed by atoms with E-state index in [-0.39, 0.29) is 12.0 Å². The average molecular weight is 449 g/mol. The molecule has 1 unspecified atom stereocenters. The van der Waals surface area contributed by atoms with Gasteiger partial charge in [-0.15, -0.1) is 11.3 Å². The van der Waals surface area contributed by atoms with Crippen LogP contribution in [0.2, 0.25) is 0 Å². The molecule has 26 heavy (non-hydrogen) atoms. The van der Waals surface area contributed by atoms with Crippen LogP contribution in [-0.4, -0.2) is 35.5 Å². The Morgan fingerprint density at radius 2 is 2.12 bits per heavy atom. The molecule has 0 saturated carbocycles. The van der Waals surface area contributed by atoms with Crippen LogP contribution in [0.1, 0.15) is 27.0 Å². The predicted octanol–water partition coefficient (Wildman–Crippen LogP) is 5.16. The number of halogens is 1. The molecule has 2 aromatic heterocycles. The number of carbonyl (C=O) groups is 1. The third kappa shape index (κ3) is 3.62. The smallest absolute Gasteiger partial charge is 0.266 e. The Morgan fingerprint density at radius 1 is 1.31 bits per heavy atom. The van der Waals surface area contributed by atoms with E-state index in [2.05, 4.69) is 26.3 Å². The molecule has 3 aromatic rings. The molecule has 3 heterocycles. The number of rotatable bonds is 3. The van der Waals surface area contributed by atoms with Crippen LogP contribution in [0.5, 0.6) is 0 Å². The highest BCUT2D eigenvalue weighted by Gasteiger charge is 2.28. The summed E-state index contributed by atoms with van der Waals surface area (Å²) in [6, 6.07) is 10.1. The average Bonchev–Trinajstić information content (AvgIpc) is 3.31. The van der Waals surface area contributed by atoms with Crippen molar-refractivity contribution in [3.63, 3.8) is 0 Å². The molecule has 1 atom stereocenters. The third-order valence-corrected chi connectivity index (χ3v) is 6.76. The zero-order valence-electron chi connectivity index (χ0n) is 14.1. The van der Waals surface area contributed by atoms with Crippen molar-refractivity contribution in [2.24, 2.45) is 0 Å². The lowest BCUT2D eigenvalue weighted by molar-refractivity contribution is -0.0227. The van der Waals surface area contributed by atoms with E-state index >= 15 is 0 Å². The lowest BCUT2D eigenvalue weighted by atomic mass is 10.1. The quantitative estimate of drug-likeness (QED) is 0.555. The summed E-state index contributed by atoms with van der Waals surface area (Å²) >= 11 is 6.56. The summed E-state index contributed by atoms with van der Waals surface area (Å²) < 4.78 is 6.93. The summed E-state index contributed by atoms with van der Waals surface area (Å²) in [4.78, 5) is 20.3. The first kappa shape index (κ1) is 17.9. The number of aryl methyl sites for hydroxylation is 1. The number of carbonyl (C=O) groups excluding carboxylic acids is 1. The molecule has 1 aromatic carbocycles. The van der Waals surface area contributed by atoms with Gasteiger partial charge in [0.2, 0.25) is 0 Å². The number of nitrogens with zero attached hydrogens (tertiary/aromatic N) is 2. The second-order valence-corrected chi connectivity index (χ2v) is 8.80. The molecule has 0 bridgehead atoms. The maximum Gasteiger partial charge on any atom is 0.266 e. The summed E-state index contributed by atoms with van der Waals surface area (Å²) in [5, 5.41) is 4.99. The molecular formula is C19H17BrN2O2S2. The number of hydrogen-bond donors (Lipinski definition) is 0. The fourth-order valence-corrected chi connectivity index (χ4v) is 4.97. The van der Waals surface area contributed by atoms with Gasteiger partial charge < -0.3 is 9.64 Å². The van der Waals surface area contributed by atoms with Crippen molar-refractivity contribution in [3.8, 4) is 10.6 Å². The first-order chi connectivity index (χ1) is 12.6. The summed E-state index contributed by atoms with van der Waals surface area (Å²) in [5.41, 5.74) is 2.97. The van der Waals surface area contributed by atoms with Crippen molar-refractivity contribution >= 4 is 44.5 Å². The van der Waals surface area contributed by atoms with Gasteiger partial charge in [-0.25, -0.2) is 4.98 Å². The Bertz CT molecular complexity index is 906. The zero-order valence-corrected chi connectivity index (χ0v) is 17.4. The van der Waals surface area contributed by atoms with Crippen molar-refractivity contribution in [2.45, 2.75) is 13.0 Å². The van der Waals surface area contributed by atoms with Gasteiger partial charge in [-0.2, -0.15) is 11.3 Å². The van der Waals surface area contributed by atoms with Crippen molar-refractivity contribution < 1.29 is 9.53 Å². The minimum Gasteiger partial charge on any atom is -0.370 e. The van der Waals surface area contributed by atoms with E-state index in [1.54, 1.807) is 11.3 Å². The Balaban J connectivity index is 1.53. The molecule has 4 nitrogen and oxygen atoms in total. The maximum atomic E-state index is 13.1. The number of amides is 1. The van der Waals surface area contributed by atoms with Gasteiger partial charge in [0.05, 0.1) is 18.8 Å². The summed E-state index contributed by atoms with van der Waals surface area (Å²) in [5.74, 6) is 0.0480. The van der Waals surface area contributed by atoms with Crippen molar-refractivity contribution in [2.75, 3.05) is 19.7 Å². The van der Waals surface area contributed by atoms with Gasteiger partial charge in [0.25, 0.3) is 5.91 Å². The second kappa shape index (κ2) is 7.60. The van der Waals surface area contributed by atoms with Crippen LogP contribution < -0.4 is 0 Å². The van der Waals surface area contributed by atoms with Gasteiger partial charge in [0, 0.05) is 22.0 Å². The van der Waals surface area contributed by atoms with Crippen LogP contribution in [-0.2, 0) is 4.74 Å². The predicted molar refractivity (Wildman–Crippen MR) is 109 cm³/mol. The summed E-state index contributed by atoms with van der Waals surface area (Å²) in [7, 11) is 0.